The summed E-state index contributed by atoms with van der Waals surface area (Å²) < 4.78 is 13.3. The molecule has 0 spiro atoms. The molecule has 0 saturated heterocycles. The molecule has 0 aliphatic heterocycles. The molecule has 2 N–H and O–H groups in total. The van der Waals surface area contributed by atoms with E-state index in [1.165, 1.54) is 18.6 Å². The lowest BCUT2D eigenvalue weighted by molar-refractivity contribution is 0.0641. The Morgan fingerprint density at radius 1 is 1.33 bits per heavy atom. The van der Waals surface area contributed by atoms with Crippen LogP contribution in [-0.4, -0.2) is 28.4 Å². The van der Waals surface area contributed by atoms with Crippen molar-refractivity contribution in [2.45, 2.75) is 44.6 Å². The van der Waals surface area contributed by atoms with Gasteiger partial charge in [-0.1, -0.05) is 37.5 Å². The van der Waals surface area contributed by atoms with Gasteiger partial charge in [-0.25, -0.2) is 4.39 Å². The van der Waals surface area contributed by atoms with E-state index in [0.717, 1.165) is 25.7 Å². The van der Waals surface area contributed by atoms with Gasteiger partial charge in [-0.15, -0.1) is 0 Å². The van der Waals surface area contributed by atoms with E-state index in [1.807, 2.05) is 4.90 Å². The van der Waals surface area contributed by atoms with Gasteiger partial charge in [0.15, 0.2) is 0 Å². The summed E-state index contributed by atoms with van der Waals surface area (Å²) in [7, 11) is 0. The maximum Gasteiger partial charge on any atom is 0.254 e. The molecule has 0 unspecified atom stereocenters. The molecule has 0 bridgehead atoms. The van der Waals surface area contributed by atoms with E-state index in [0.29, 0.717) is 23.5 Å². The highest BCUT2D eigenvalue weighted by Crippen LogP contribution is 2.24. The first kappa shape index (κ1) is 15.9. The van der Waals surface area contributed by atoms with Crippen molar-refractivity contribution in [2.24, 2.45) is 5.73 Å². The Hall–Kier alpha value is -1.49. The second kappa shape index (κ2) is 7.50. The van der Waals surface area contributed by atoms with Crippen LogP contribution in [0.2, 0.25) is 0 Å². The summed E-state index contributed by atoms with van der Waals surface area (Å²) in [6.07, 6.45) is 5.98. The van der Waals surface area contributed by atoms with Gasteiger partial charge in [0, 0.05) is 24.6 Å². The Labute approximate surface area is 130 Å². The number of nitrogens with zero attached hydrogens (tertiary/aromatic N) is 1. The maximum absolute atomic E-state index is 13.3. The van der Waals surface area contributed by atoms with Crippen molar-refractivity contribution in [1.82, 2.24) is 4.90 Å². The third kappa shape index (κ3) is 4.49. The van der Waals surface area contributed by atoms with Crippen molar-refractivity contribution in [2.75, 3.05) is 6.54 Å². The van der Waals surface area contributed by atoms with Gasteiger partial charge in [0.05, 0.1) is 4.99 Å². The molecular formula is C16H21FN2OS. The van der Waals surface area contributed by atoms with Crippen molar-refractivity contribution < 1.29 is 9.18 Å². The highest BCUT2D eigenvalue weighted by atomic mass is 32.1. The molecule has 1 aliphatic carbocycles. The number of rotatable bonds is 5. The monoisotopic (exact) mass is 308 g/mol. The normalized spacial score (nSPS) is 15.7. The molecule has 3 nitrogen and oxygen atoms in total. The van der Waals surface area contributed by atoms with E-state index in [1.54, 1.807) is 12.1 Å². The number of halogens is 1. The largest absolute Gasteiger partial charge is 0.393 e. The lowest BCUT2D eigenvalue weighted by atomic mass is 9.93. The zero-order valence-corrected chi connectivity index (χ0v) is 12.9. The topological polar surface area (TPSA) is 46.3 Å². The highest BCUT2D eigenvalue weighted by molar-refractivity contribution is 7.80. The van der Waals surface area contributed by atoms with Gasteiger partial charge in [-0.3, -0.25) is 4.79 Å². The molecular weight excluding hydrogens is 287 g/mol. The number of carbonyl (C=O) groups excluding carboxylic acids is 1. The number of hydrogen-bond donors (Lipinski definition) is 1. The van der Waals surface area contributed by atoms with Gasteiger partial charge in [0.2, 0.25) is 0 Å². The van der Waals surface area contributed by atoms with E-state index in [2.05, 4.69) is 0 Å². The standard InChI is InChI=1S/C16H21FN2OS/c17-13-6-4-5-12(11-13)16(20)19(10-9-15(18)21)14-7-2-1-3-8-14/h4-6,11,14H,1-3,7-10H2,(H2,18,21). The van der Waals surface area contributed by atoms with Crippen molar-refractivity contribution in [3.8, 4) is 0 Å². The van der Waals surface area contributed by atoms with E-state index in [-0.39, 0.29) is 11.9 Å². The number of carbonyl (C=O) groups is 1. The van der Waals surface area contributed by atoms with Crippen LogP contribution in [0.5, 0.6) is 0 Å². The van der Waals surface area contributed by atoms with Crippen LogP contribution >= 0.6 is 12.2 Å². The summed E-state index contributed by atoms with van der Waals surface area (Å²) in [5.41, 5.74) is 5.96. The van der Waals surface area contributed by atoms with Crippen LogP contribution in [0.4, 0.5) is 4.39 Å². The number of benzene rings is 1. The molecule has 0 heterocycles. The molecule has 1 aromatic carbocycles. The molecule has 1 saturated carbocycles. The molecule has 1 aliphatic rings. The first-order valence-electron chi connectivity index (χ1n) is 7.43. The smallest absolute Gasteiger partial charge is 0.254 e. The highest BCUT2D eigenvalue weighted by Gasteiger charge is 2.26. The van der Waals surface area contributed by atoms with E-state index in [9.17, 15) is 9.18 Å². The summed E-state index contributed by atoms with van der Waals surface area (Å²) in [6.45, 7) is 0.509. The fourth-order valence-electron chi connectivity index (χ4n) is 2.86. The molecule has 5 heteroatoms. The van der Waals surface area contributed by atoms with Crippen LogP contribution in [0.25, 0.3) is 0 Å². The van der Waals surface area contributed by atoms with E-state index < -0.39 is 5.82 Å². The second-order valence-corrected chi connectivity index (χ2v) is 6.04. The zero-order valence-electron chi connectivity index (χ0n) is 12.1. The number of thiocarbonyl (C=S) groups is 1. The SMILES string of the molecule is NC(=S)CCN(C(=O)c1cccc(F)c1)C1CCCCC1. The Morgan fingerprint density at radius 3 is 2.67 bits per heavy atom. The summed E-state index contributed by atoms with van der Waals surface area (Å²) in [4.78, 5) is 14.9. The van der Waals surface area contributed by atoms with Crippen molar-refractivity contribution in [1.29, 1.82) is 0 Å². The van der Waals surface area contributed by atoms with Crippen molar-refractivity contribution in [3.63, 3.8) is 0 Å². The number of nitrogens with two attached hydrogens (primary N) is 1. The minimum atomic E-state index is -0.390. The molecule has 114 valence electrons. The Morgan fingerprint density at radius 2 is 2.05 bits per heavy atom. The Kier molecular flexibility index (Phi) is 5.67. The van der Waals surface area contributed by atoms with Gasteiger partial charge in [0.25, 0.3) is 5.91 Å². The van der Waals surface area contributed by atoms with Crippen molar-refractivity contribution >= 4 is 23.1 Å². The van der Waals surface area contributed by atoms with Gasteiger partial charge in [0.1, 0.15) is 5.82 Å². The average molecular weight is 308 g/mol. The third-order valence-electron chi connectivity index (χ3n) is 3.95. The predicted molar refractivity (Wildman–Crippen MR) is 85.7 cm³/mol. The fourth-order valence-corrected chi connectivity index (χ4v) is 2.95. The van der Waals surface area contributed by atoms with Crippen LogP contribution in [0, 0.1) is 5.82 Å². The molecule has 2 rings (SSSR count). The lowest BCUT2D eigenvalue weighted by Gasteiger charge is -2.34. The number of hydrogen-bond acceptors (Lipinski definition) is 2. The second-order valence-electron chi connectivity index (χ2n) is 5.52. The lowest BCUT2D eigenvalue weighted by Crippen LogP contribution is -2.43. The van der Waals surface area contributed by atoms with Crippen LogP contribution in [0.15, 0.2) is 24.3 Å². The maximum atomic E-state index is 13.3. The quantitative estimate of drug-likeness (QED) is 0.849. The Bertz CT molecular complexity index is 515. The first-order valence-corrected chi connectivity index (χ1v) is 7.83. The van der Waals surface area contributed by atoms with E-state index in [4.69, 9.17) is 18.0 Å². The summed E-state index contributed by atoms with van der Waals surface area (Å²) in [5, 5.41) is 0. The molecule has 0 aromatic heterocycles. The molecule has 1 amide bonds. The molecule has 21 heavy (non-hydrogen) atoms. The van der Waals surface area contributed by atoms with Crippen LogP contribution in [-0.2, 0) is 0 Å². The molecule has 0 atom stereocenters. The van der Waals surface area contributed by atoms with E-state index >= 15 is 0 Å². The average Bonchev–Trinajstić information content (AvgIpc) is 2.48. The first-order chi connectivity index (χ1) is 10.1. The predicted octanol–water partition coefficient (Wildman–Crippen LogP) is 3.28. The van der Waals surface area contributed by atoms with Crippen LogP contribution in [0.3, 0.4) is 0 Å². The minimum absolute atomic E-state index is 0.127. The zero-order chi connectivity index (χ0) is 15.2. The molecule has 1 fully saturated rings. The summed E-state index contributed by atoms with van der Waals surface area (Å²) >= 11 is 4.92. The van der Waals surface area contributed by atoms with Gasteiger partial charge < -0.3 is 10.6 Å². The Balaban J connectivity index is 2.16. The molecule has 1 aromatic rings. The van der Waals surface area contributed by atoms with Crippen molar-refractivity contribution in [3.05, 3.63) is 35.6 Å². The summed E-state index contributed by atoms with van der Waals surface area (Å²) in [6, 6.07) is 6.07. The summed E-state index contributed by atoms with van der Waals surface area (Å²) in [5.74, 6) is -0.517. The number of amides is 1. The molecule has 0 radical (unpaired) electrons. The fraction of sp³-hybridized carbons (Fsp3) is 0.500. The van der Waals surface area contributed by atoms with Crippen LogP contribution < -0.4 is 5.73 Å². The van der Waals surface area contributed by atoms with Crippen LogP contribution in [0.1, 0.15) is 48.9 Å². The minimum Gasteiger partial charge on any atom is -0.393 e. The van der Waals surface area contributed by atoms with Gasteiger partial charge >= 0.3 is 0 Å². The van der Waals surface area contributed by atoms with Gasteiger partial charge in [-0.05, 0) is 31.0 Å². The van der Waals surface area contributed by atoms with Gasteiger partial charge in [-0.2, -0.15) is 0 Å². The third-order valence-corrected chi connectivity index (χ3v) is 4.15.